The van der Waals surface area contributed by atoms with Gasteiger partial charge in [0.15, 0.2) is 17.3 Å². The molecule has 0 unspecified atom stereocenters. The summed E-state index contributed by atoms with van der Waals surface area (Å²) in [5, 5.41) is -0.0326. The summed E-state index contributed by atoms with van der Waals surface area (Å²) in [6.07, 6.45) is 0. The number of carbonyl (C=O) groups is 2. The van der Waals surface area contributed by atoms with Gasteiger partial charge in [0, 0.05) is 24.1 Å². The summed E-state index contributed by atoms with van der Waals surface area (Å²) in [7, 11) is 2.92. The third kappa shape index (κ3) is 4.38. The van der Waals surface area contributed by atoms with Gasteiger partial charge in [0.25, 0.3) is 0 Å². The maximum Gasteiger partial charge on any atom is 0.308 e. The van der Waals surface area contributed by atoms with Crippen LogP contribution in [-0.2, 0) is 4.79 Å². The number of ketones is 1. The highest BCUT2D eigenvalue weighted by atomic mass is 35.5. The Kier molecular flexibility index (Phi) is 6.88. The second-order valence-electron chi connectivity index (χ2n) is 6.70. The summed E-state index contributed by atoms with van der Waals surface area (Å²) in [4.78, 5) is 25.4. The lowest BCUT2D eigenvalue weighted by molar-refractivity contribution is -0.132. The fraction of sp³-hybridized carbons (Fsp3) is 0.167. The molecule has 0 saturated heterocycles. The molecule has 3 rings (SSSR count). The number of esters is 1. The third-order valence-electron chi connectivity index (χ3n) is 4.72. The van der Waals surface area contributed by atoms with Crippen molar-refractivity contribution in [3.8, 4) is 28.4 Å². The number of halogens is 2. The molecule has 0 bridgehead atoms. The highest BCUT2D eigenvalue weighted by molar-refractivity contribution is 6.42. The molecular weight excluding hydrogens is 439 g/mol. The first-order valence-electron chi connectivity index (χ1n) is 9.32. The van der Waals surface area contributed by atoms with E-state index in [2.05, 4.69) is 0 Å². The maximum atomic E-state index is 13.8. The number of hydrogen-bond acceptors (Lipinski definition) is 5. The smallest absolute Gasteiger partial charge is 0.308 e. The van der Waals surface area contributed by atoms with Crippen LogP contribution in [0.5, 0.6) is 17.2 Å². The van der Waals surface area contributed by atoms with Crippen LogP contribution >= 0.6 is 23.2 Å². The number of rotatable bonds is 6. The Morgan fingerprint density at radius 2 is 1.52 bits per heavy atom. The Morgan fingerprint density at radius 3 is 2.10 bits per heavy atom. The largest absolute Gasteiger partial charge is 0.496 e. The maximum absolute atomic E-state index is 13.8. The van der Waals surface area contributed by atoms with Crippen molar-refractivity contribution in [2.45, 2.75) is 13.8 Å². The molecule has 3 aromatic carbocycles. The van der Waals surface area contributed by atoms with E-state index in [0.717, 1.165) is 5.56 Å². The highest BCUT2D eigenvalue weighted by Gasteiger charge is 2.28. The lowest BCUT2D eigenvalue weighted by Gasteiger charge is -2.19. The van der Waals surface area contributed by atoms with E-state index >= 15 is 0 Å². The van der Waals surface area contributed by atoms with Gasteiger partial charge in [-0.05, 0) is 24.1 Å². The molecule has 0 N–H and O–H groups in total. The molecule has 0 spiro atoms. The standard InChI is InChI=1S/C24H20Cl2O5/c1-13-10-11-17(29-3)20(15-8-6-5-7-9-15)19(13)23(28)21-16(25)12-18(30-4)24(22(21)26)31-14(2)27/h5-12H,1-4H3. The van der Waals surface area contributed by atoms with Crippen molar-refractivity contribution in [2.75, 3.05) is 14.2 Å². The molecular formula is C24H20Cl2O5. The predicted octanol–water partition coefficient (Wildman–Crippen LogP) is 6.14. The average Bonchev–Trinajstić information content (AvgIpc) is 2.75. The first kappa shape index (κ1) is 22.7. The highest BCUT2D eigenvalue weighted by Crippen LogP contribution is 2.44. The van der Waals surface area contributed by atoms with E-state index in [9.17, 15) is 9.59 Å². The van der Waals surface area contributed by atoms with Gasteiger partial charge in [-0.2, -0.15) is 0 Å². The molecule has 3 aromatic rings. The van der Waals surface area contributed by atoms with Crippen LogP contribution in [0.4, 0.5) is 0 Å². The Hall–Kier alpha value is -3.02. The molecule has 0 aromatic heterocycles. The molecule has 0 heterocycles. The van der Waals surface area contributed by atoms with Crippen LogP contribution in [0.3, 0.4) is 0 Å². The molecule has 31 heavy (non-hydrogen) atoms. The van der Waals surface area contributed by atoms with Gasteiger partial charge < -0.3 is 14.2 Å². The molecule has 0 aliphatic carbocycles. The fourth-order valence-electron chi connectivity index (χ4n) is 3.34. The zero-order valence-corrected chi connectivity index (χ0v) is 18.9. The molecule has 7 heteroatoms. The van der Waals surface area contributed by atoms with E-state index in [1.165, 1.54) is 27.2 Å². The van der Waals surface area contributed by atoms with Crippen LogP contribution in [-0.4, -0.2) is 26.0 Å². The summed E-state index contributed by atoms with van der Waals surface area (Å²) in [6, 6.07) is 14.4. The van der Waals surface area contributed by atoms with Gasteiger partial charge in [-0.25, -0.2) is 0 Å². The van der Waals surface area contributed by atoms with Crippen LogP contribution < -0.4 is 14.2 Å². The van der Waals surface area contributed by atoms with Crippen molar-refractivity contribution in [1.82, 2.24) is 0 Å². The topological polar surface area (TPSA) is 61.8 Å². The van der Waals surface area contributed by atoms with Crippen LogP contribution in [0.25, 0.3) is 11.1 Å². The molecule has 0 amide bonds. The monoisotopic (exact) mass is 458 g/mol. The lowest BCUT2D eigenvalue weighted by atomic mass is 9.89. The van der Waals surface area contributed by atoms with E-state index in [1.807, 2.05) is 37.3 Å². The molecule has 160 valence electrons. The van der Waals surface area contributed by atoms with E-state index < -0.39 is 11.8 Å². The molecule has 0 radical (unpaired) electrons. The molecule has 0 aliphatic rings. The van der Waals surface area contributed by atoms with Crippen LogP contribution in [0.1, 0.15) is 28.4 Å². The Labute approximate surface area is 190 Å². The molecule has 0 fully saturated rings. The summed E-state index contributed by atoms with van der Waals surface area (Å²) >= 11 is 13.0. The quantitative estimate of drug-likeness (QED) is 0.252. The molecule has 5 nitrogen and oxygen atoms in total. The lowest BCUT2D eigenvalue weighted by Crippen LogP contribution is -2.11. The summed E-state index contributed by atoms with van der Waals surface area (Å²) < 4.78 is 16.0. The molecule has 0 saturated carbocycles. The minimum Gasteiger partial charge on any atom is -0.496 e. The third-order valence-corrected chi connectivity index (χ3v) is 5.38. The minimum atomic E-state index is -0.608. The minimum absolute atomic E-state index is 0.00826. The van der Waals surface area contributed by atoms with Gasteiger partial charge in [0.05, 0.1) is 29.8 Å². The van der Waals surface area contributed by atoms with Gasteiger partial charge in [-0.1, -0.05) is 59.6 Å². The first-order chi connectivity index (χ1) is 14.8. The summed E-state index contributed by atoms with van der Waals surface area (Å²) in [6.45, 7) is 3.04. The van der Waals surface area contributed by atoms with E-state index in [-0.39, 0.29) is 27.1 Å². The van der Waals surface area contributed by atoms with Crippen LogP contribution in [0.2, 0.25) is 10.0 Å². The number of ether oxygens (including phenoxy) is 3. The Balaban J connectivity index is 2.31. The zero-order chi connectivity index (χ0) is 22.7. The average molecular weight is 459 g/mol. The normalized spacial score (nSPS) is 10.5. The number of benzene rings is 3. The Morgan fingerprint density at radius 1 is 0.871 bits per heavy atom. The van der Waals surface area contributed by atoms with Crippen LogP contribution in [0, 0.1) is 6.92 Å². The SMILES string of the molecule is COc1cc(Cl)c(C(=O)c2c(C)ccc(OC)c2-c2ccccc2)c(Cl)c1OC(C)=O. The van der Waals surface area contributed by atoms with E-state index in [4.69, 9.17) is 37.4 Å². The van der Waals surface area contributed by atoms with Gasteiger partial charge in [-0.15, -0.1) is 0 Å². The summed E-state index contributed by atoms with van der Waals surface area (Å²) in [5.74, 6) is -0.426. The van der Waals surface area contributed by atoms with Crippen molar-refractivity contribution in [2.24, 2.45) is 0 Å². The van der Waals surface area contributed by atoms with Crippen LogP contribution in [0.15, 0.2) is 48.5 Å². The first-order valence-corrected chi connectivity index (χ1v) is 10.1. The summed E-state index contributed by atoms with van der Waals surface area (Å²) in [5.41, 5.74) is 2.52. The predicted molar refractivity (Wildman–Crippen MR) is 121 cm³/mol. The number of hydrogen-bond donors (Lipinski definition) is 0. The van der Waals surface area contributed by atoms with Gasteiger partial charge in [0.1, 0.15) is 5.75 Å². The van der Waals surface area contributed by atoms with Crippen molar-refractivity contribution < 1.29 is 23.8 Å². The molecule has 0 aliphatic heterocycles. The zero-order valence-electron chi connectivity index (χ0n) is 17.4. The second-order valence-corrected chi connectivity index (χ2v) is 7.49. The van der Waals surface area contributed by atoms with Gasteiger partial charge in [-0.3, -0.25) is 9.59 Å². The van der Waals surface area contributed by atoms with Crippen molar-refractivity contribution in [3.05, 3.63) is 75.3 Å². The number of aryl methyl sites for hydroxylation is 1. The molecule has 0 atom stereocenters. The van der Waals surface area contributed by atoms with Gasteiger partial charge in [0.2, 0.25) is 0 Å². The number of methoxy groups -OCH3 is 2. The van der Waals surface area contributed by atoms with Crippen molar-refractivity contribution >= 4 is 35.0 Å². The van der Waals surface area contributed by atoms with E-state index in [0.29, 0.717) is 22.4 Å². The van der Waals surface area contributed by atoms with Gasteiger partial charge >= 0.3 is 5.97 Å². The van der Waals surface area contributed by atoms with E-state index in [1.54, 1.807) is 12.1 Å². The van der Waals surface area contributed by atoms with Crippen molar-refractivity contribution in [3.63, 3.8) is 0 Å². The second kappa shape index (κ2) is 9.41. The fourth-order valence-corrected chi connectivity index (χ4v) is 3.99. The Bertz CT molecular complexity index is 1160. The van der Waals surface area contributed by atoms with Crippen molar-refractivity contribution in [1.29, 1.82) is 0 Å². The number of carbonyl (C=O) groups excluding carboxylic acids is 2.